The lowest BCUT2D eigenvalue weighted by Gasteiger charge is -2.31. The number of halogens is 3. The lowest BCUT2D eigenvalue weighted by molar-refractivity contribution is -0.137. The van der Waals surface area contributed by atoms with Gasteiger partial charge in [-0.2, -0.15) is 13.2 Å². The van der Waals surface area contributed by atoms with Crippen molar-refractivity contribution in [1.82, 2.24) is 4.98 Å². The predicted octanol–water partition coefficient (Wildman–Crippen LogP) is 4.81. The molecule has 1 heterocycles. The third-order valence-electron chi connectivity index (χ3n) is 3.73. The highest BCUT2D eigenvalue weighted by atomic mass is 28.3. The monoisotopic (exact) mass is 299 g/mol. The van der Waals surface area contributed by atoms with Crippen LogP contribution in [0.5, 0.6) is 0 Å². The van der Waals surface area contributed by atoms with Crippen LogP contribution in [0.3, 0.4) is 0 Å². The summed E-state index contributed by atoms with van der Waals surface area (Å²) >= 11 is 0. The van der Waals surface area contributed by atoms with Crippen LogP contribution in [0.1, 0.15) is 37.6 Å². The van der Waals surface area contributed by atoms with Crippen LogP contribution in [-0.4, -0.2) is 13.1 Å². The topological polar surface area (TPSA) is 12.9 Å². The fraction of sp³-hybridized carbons (Fsp3) is 0.533. The molecule has 1 aromatic rings. The molecule has 0 radical (unpaired) electrons. The highest BCUT2D eigenvalue weighted by molar-refractivity contribution is 6.87. The molecule has 1 rings (SSSR count). The van der Waals surface area contributed by atoms with Gasteiger partial charge in [0.05, 0.1) is 11.1 Å². The third-order valence-corrected chi connectivity index (χ3v) is 8.23. The van der Waals surface area contributed by atoms with Gasteiger partial charge in [-0.15, -0.1) is 5.54 Å². The van der Waals surface area contributed by atoms with Gasteiger partial charge in [-0.3, -0.25) is 4.98 Å². The summed E-state index contributed by atoms with van der Waals surface area (Å²) in [6.07, 6.45) is -3.18. The van der Waals surface area contributed by atoms with Crippen molar-refractivity contribution >= 4 is 8.07 Å². The molecular weight excluding hydrogens is 279 g/mol. The Hall–Kier alpha value is -1.28. The highest BCUT2D eigenvalue weighted by Gasteiger charge is 2.35. The number of pyridine rings is 1. The first-order valence-corrected chi connectivity index (χ1v) is 9.41. The Labute approximate surface area is 119 Å². The van der Waals surface area contributed by atoms with Crippen LogP contribution in [0.4, 0.5) is 13.2 Å². The first-order chi connectivity index (χ1) is 8.84. The number of aryl methyl sites for hydroxylation is 1. The quantitative estimate of drug-likeness (QED) is 0.495. The number of alkyl halides is 3. The van der Waals surface area contributed by atoms with Crippen molar-refractivity contribution in [3.05, 3.63) is 29.1 Å². The van der Waals surface area contributed by atoms with E-state index in [0.29, 0.717) is 5.69 Å². The number of hydrogen-bond donors (Lipinski definition) is 0. The van der Waals surface area contributed by atoms with Gasteiger partial charge in [-0.05, 0) is 18.0 Å². The second-order valence-corrected chi connectivity index (χ2v) is 11.5. The maximum absolute atomic E-state index is 13.0. The SMILES string of the molecule is Cc1cc(C(F)(F)F)c(C#C[Si](C)(C)C(C)(C)C)cn1. The molecule has 0 saturated heterocycles. The molecule has 0 unspecified atom stereocenters. The minimum Gasteiger partial charge on any atom is -0.260 e. The molecule has 0 bridgehead atoms. The Bertz CT molecular complexity index is 557. The molecule has 0 aliphatic rings. The van der Waals surface area contributed by atoms with E-state index in [9.17, 15) is 13.2 Å². The van der Waals surface area contributed by atoms with E-state index in [1.165, 1.54) is 6.20 Å². The second kappa shape index (κ2) is 5.25. The van der Waals surface area contributed by atoms with Gasteiger partial charge < -0.3 is 0 Å². The molecule has 0 fully saturated rings. The van der Waals surface area contributed by atoms with Crippen molar-refractivity contribution in [3.8, 4) is 11.5 Å². The van der Waals surface area contributed by atoms with E-state index >= 15 is 0 Å². The van der Waals surface area contributed by atoms with Gasteiger partial charge in [0.15, 0.2) is 0 Å². The highest BCUT2D eigenvalue weighted by Crippen LogP contribution is 2.36. The molecule has 0 spiro atoms. The molecule has 0 amide bonds. The molecule has 0 atom stereocenters. The first-order valence-electron chi connectivity index (χ1n) is 6.41. The molecule has 0 saturated carbocycles. The van der Waals surface area contributed by atoms with Crippen LogP contribution in [0.25, 0.3) is 0 Å². The first kappa shape index (κ1) is 16.8. The zero-order valence-corrected chi connectivity index (χ0v) is 13.7. The Morgan fingerprint density at radius 1 is 1.15 bits per heavy atom. The summed E-state index contributed by atoms with van der Waals surface area (Å²) in [5.41, 5.74) is 2.71. The molecule has 0 aliphatic heterocycles. The lowest BCUT2D eigenvalue weighted by atomic mass is 10.1. The Balaban J connectivity index is 3.32. The van der Waals surface area contributed by atoms with Gasteiger partial charge in [0.2, 0.25) is 0 Å². The maximum Gasteiger partial charge on any atom is 0.417 e. The summed E-state index contributed by atoms with van der Waals surface area (Å²) in [5.74, 6) is 2.72. The van der Waals surface area contributed by atoms with Gasteiger partial charge >= 0.3 is 6.18 Å². The average molecular weight is 299 g/mol. The van der Waals surface area contributed by atoms with Crippen molar-refractivity contribution in [2.24, 2.45) is 0 Å². The summed E-state index contributed by atoms with van der Waals surface area (Å²) < 4.78 is 39.0. The predicted molar refractivity (Wildman–Crippen MR) is 78.1 cm³/mol. The second-order valence-electron chi connectivity index (χ2n) is 6.49. The third kappa shape index (κ3) is 3.86. The maximum atomic E-state index is 13.0. The number of rotatable bonds is 0. The fourth-order valence-electron chi connectivity index (χ4n) is 1.31. The molecule has 0 N–H and O–H groups in total. The molecular formula is C15H20F3NSi. The Morgan fingerprint density at radius 3 is 2.15 bits per heavy atom. The molecule has 110 valence electrons. The normalized spacial score (nSPS) is 12.8. The van der Waals surface area contributed by atoms with E-state index in [0.717, 1.165) is 6.07 Å². The summed E-state index contributed by atoms with van der Waals surface area (Å²) in [6, 6.07) is 1.05. The fourth-order valence-corrected chi connectivity index (χ4v) is 2.13. The summed E-state index contributed by atoms with van der Waals surface area (Å²) in [5, 5.41) is 0.0104. The smallest absolute Gasteiger partial charge is 0.260 e. The van der Waals surface area contributed by atoms with Crippen LogP contribution < -0.4 is 0 Å². The molecule has 5 heteroatoms. The van der Waals surface area contributed by atoms with Crippen LogP contribution in [-0.2, 0) is 6.18 Å². The van der Waals surface area contributed by atoms with E-state index in [-0.39, 0.29) is 10.6 Å². The molecule has 20 heavy (non-hydrogen) atoms. The average Bonchev–Trinajstić information content (AvgIpc) is 2.24. The Morgan fingerprint density at radius 2 is 1.70 bits per heavy atom. The molecule has 0 aliphatic carbocycles. The molecule has 1 aromatic heterocycles. The van der Waals surface area contributed by atoms with Crippen molar-refractivity contribution in [2.75, 3.05) is 0 Å². The Kier molecular flexibility index (Phi) is 4.40. The largest absolute Gasteiger partial charge is 0.417 e. The van der Waals surface area contributed by atoms with E-state index in [4.69, 9.17) is 0 Å². The lowest BCUT2D eigenvalue weighted by Crippen LogP contribution is -2.35. The molecule has 0 aromatic carbocycles. The van der Waals surface area contributed by atoms with Gasteiger partial charge in [0.25, 0.3) is 0 Å². The van der Waals surface area contributed by atoms with Crippen LogP contribution >= 0.6 is 0 Å². The zero-order valence-electron chi connectivity index (χ0n) is 12.7. The van der Waals surface area contributed by atoms with Crippen molar-refractivity contribution in [2.45, 2.75) is 52.0 Å². The van der Waals surface area contributed by atoms with E-state index in [1.807, 2.05) is 0 Å². The number of hydrogen-bond acceptors (Lipinski definition) is 1. The molecule has 1 nitrogen and oxygen atoms in total. The van der Waals surface area contributed by atoms with Gasteiger partial charge in [-0.1, -0.05) is 39.8 Å². The minimum atomic E-state index is -4.40. The van der Waals surface area contributed by atoms with Gasteiger partial charge in [0.1, 0.15) is 8.07 Å². The van der Waals surface area contributed by atoms with Crippen molar-refractivity contribution < 1.29 is 13.2 Å². The van der Waals surface area contributed by atoms with Crippen LogP contribution in [0.2, 0.25) is 18.1 Å². The standard InChI is InChI=1S/C15H20F3NSi/c1-11-9-13(15(16,17)18)12(10-19-11)7-8-20(5,6)14(2,3)4/h9-10H,1-6H3. The number of aromatic nitrogens is 1. The van der Waals surface area contributed by atoms with Crippen LogP contribution in [0, 0.1) is 18.4 Å². The summed E-state index contributed by atoms with van der Waals surface area (Å²) in [4.78, 5) is 3.93. The van der Waals surface area contributed by atoms with Crippen molar-refractivity contribution in [1.29, 1.82) is 0 Å². The zero-order chi connectivity index (χ0) is 15.8. The van der Waals surface area contributed by atoms with E-state index in [2.05, 4.69) is 50.3 Å². The van der Waals surface area contributed by atoms with Crippen molar-refractivity contribution in [3.63, 3.8) is 0 Å². The number of nitrogens with zero attached hydrogens (tertiary/aromatic N) is 1. The summed E-state index contributed by atoms with van der Waals surface area (Å²) in [7, 11) is -1.94. The van der Waals surface area contributed by atoms with Crippen LogP contribution in [0.15, 0.2) is 12.3 Å². The van der Waals surface area contributed by atoms with Gasteiger partial charge in [-0.25, -0.2) is 0 Å². The van der Waals surface area contributed by atoms with Gasteiger partial charge in [0, 0.05) is 11.9 Å². The minimum absolute atomic E-state index is 0.0104. The van der Waals surface area contributed by atoms with E-state index in [1.54, 1.807) is 6.92 Å². The summed E-state index contributed by atoms with van der Waals surface area (Å²) in [6.45, 7) is 11.9. The van der Waals surface area contributed by atoms with E-state index < -0.39 is 19.8 Å².